The van der Waals surface area contributed by atoms with E-state index >= 15 is 0 Å². The summed E-state index contributed by atoms with van der Waals surface area (Å²) < 4.78 is 12.0. The lowest BCUT2D eigenvalue weighted by atomic mass is 10.2. The lowest BCUT2D eigenvalue weighted by Gasteiger charge is -2.08. The van der Waals surface area contributed by atoms with Gasteiger partial charge in [-0.05, 0) is 11.6 Å². The number of carbonyl (C=O) groups is 1. The summed E-state index contributed by atoms with van der Waals surface area (Å²) in [6.07, 6.45) is 0. The van der Waals surface area contributed by atoms with Gasteiger partial charge in [-0.1, -0.05) is 30.3 Å². The van der Waals surface area contributed by atoms with E-state index in [1.165, 1.54) is 7.11 Å². The first kappa shape index (κ1) is 13.0. The topological polar surface area (TPSA) is 68.2 Å². The summed E-state index contributed by atoms with van der Waals surface area (Å²) in [7, 11) is 1.34. The number of esters is 1. The molecule has 3 rings (SSSR count). The van der Waals surface area contributed by atoms with Crippen LogP contribution in [0.1, 0.15) is 21.8 Å². The van der Waals surface area contributed by atoms with Crippen molar-refractivity contribution in [2.45, 2.75) is 6.54 Å². The second-order valence-electron chi connectivity index (χ2n) is 4.58. The fourth-order valence-corrected chi connectivity index (χ4v) is 2.30. The number of hydrogen-bond acceptors (Lipinski definition) is 4. The van der Waals surface area contributed by atoms with Crippen molar-refractivity contribution in [3.8, 4) is 6.07 Å². The number of ether oxygens (including phenoxy) is 1. The Morgan fingerprint density at radius 2 is 2.10 bits per heavy atom. The Balaban J connectivity index is 2.14. The highest BCUT2D eigenvalue weighted by atomic mass is 16.5. The van der Waals surface area contributed by atoms with Gasteiger partial charge in [0.25, 0.3) is 0 Å². The Hall–Kier alpha value is -3.00. The molecule has 5 nitrogen and oxygen atoms in total. The molecule has 0 aliphatic carbocycles. The monoisotopic (exact) mass is 280 g/mol. The van der Waals surface area contributed by atoms with Crippen molar-refractivity contribution in [3.05, 3.63) is 59.5 Å². The Bertz CT molecular complexity index is 838. The molecule has 0 saturated carbocycles. The van der Waals surface area contributed by atoms with Gasteiger partial charge in [0.1, 0.15) is 11.8 Å². The van der Waals surface area contributed by atoms with E-state index < -0.39 is 5.97 Å². The number of carbonyl (C=O) groups excluding carboxylic acids is 1. The number of benzene rings is 1. The van der Waals surface area contributed by atoms with E-state index in [4.69, 9.17) is 14.4 Å². The van der Waals surface area contributed by atoms with Crippen LogP contribution in [0.4, 0.5) is 0 Å². The highest BCUT2D eigenvalue weighted by Crippen LogP contribution is 2.25. The SMILES string of the molecule is COC(=O)c1cc2cc(C#N)oc2n1Cc1ccccc1. The molecule has 5 heteroatoms. The third-order valence-corrected chi connectivity index (χ3v) is 3.26. The number of hydrogen-bond donors (Lipinski definition) is 0. The molecule has 0 unspecified atom stereocenters. The molecular weight excluding hydrogens is 268 g/mol. The Morgan fingerprint density at radius 1 is 1.33 bits per heavy atom. The van der Waals surface area contributed by atoms with Gasteiger partial charge in [-0.3, -0.25) is 0 Å². The molecule has 0 saturated heterocycles. The third kappa shape index (κ3) is 2.28. The summed E-state index contributed by atoms with van der Waals surface area (Å²) in [6.45, 7) is 0.465. The molecule has 0 bridgehead atoms. The van der Waals surface area contributed by atoms with Gasteiger partial charge in [0, 0.05) is 11.5 Å². The van der Waals surface area contributed by atoms with E-state index in [0.29, 0.717) is 23.3 Å². The van der Waals surface area contributed by atoms with Gasteiger partial charge >= 0.3 is 5.97 Å². The summed E-state index contributed by atoms with van der Waals surface area (Å²) in [5, 5.41) is 9.63. The minimum absolute atomic E-state index is 0.221. The molecule has 104 valence electrons. The quantitative estimate of drug-likeness (QED) is 0.692. The molecule has 1 aromatic carbocycles. The first-order valence-corrected chi connectivity index (χ1v) is 6.38. The van der Waals surface area contributed by atoms with Gasteiger partial charge in [0.15, 0.2) is 0 Å². The molecule has 21 heavy (non-hydrogen) atoms. The van der Waals surface area contributed by atoms with Crippen molar-refractivity contribution in [3.63, 3.8) is 0 Å². The zero-order chi connectivity index (χ0) is 14.8. The Labute approximate surface area is 121 Å². The van der Waals surface area contributed by atoms with Crippen LogP contribution in [0.2, 0.25) is 0 Å². The van der Waals surface area contributed by atoms with E-state index in [2.05, 4.69) is 0 Å². The van der Waals surface area contributed by atoms with E-state index in [0.717, 1.165) is 5.56 Å². The summed E-state index contributed by atoms with van der Waals surface area (Å²) in [5.41, 5.74) is 1.92. The van der Waals surface area contributed by atoms with E-state index in [9.17, 15) is 4.79 Å². The number of rotatable bonds is 3. The molecule has 0 aliphatic rings. The fourth-order valence-electron chi connectivity index (χ4n) is 2.30. The largest absolute Gasteiger partial charge is 0.464 e. The number of nitriles is 1. The minimum Gasteiger partial charge on any atom is -0.464 e. The van der Waals surface area contributed by atoms with Crippen LogP contribution < -0.4 is 0 Å². The fraction of sp³-hybridized carbons (Fsp3) is 0.125. The van der Waals surface area contributed by atoms with Crippen molar-refractivity contribution >= 4 is 17.1 Å². The average molecular weight is 280 g/mol. The average Bonchev–Trinajstić information content (AvgIpc) is 3.06. The lowest BCUT2D eigenvalue weighted by Crippen LogP contribution is -2.11. The van der Waals surface area contributed by atoms with Gasteiger partial charge in [-0.15, -0.1) is 0 Å². The van der Waals surface area contributed by atoms with Gasteiger partial charge in [0.05, 0.1) is 13.7 Å². The van der Waals surface area contributed by atoms with Crippen LogP contribution >= 0.6 is 0 Å². The van der Waals surface area contributed by atoms with Crippen LogP contribution in [0, 0.1) is 11.3 Å². The van der Waals surface area contributed by atoms with Crippen molar-refractivity contribution < 1.29 is 13.9 Å². The van der Waals surface area contributed by atoms with Crippen LogP contribution in [0.25, 0.3) is 11.1 Å². The van der Waals surface area contributed by atoms with Crippen LogP contribution in [-0.4, -0.2) is 17.6 Å². The highest BCUT2D eigenvalue weighted by molar-refractivity contribution is 5.94. The Morgan fingerprint density at radius 3 is 2.76 bits per heavy atom. The number of furan rings is 1. The second kappa shape index (κ2) is 5.17. The van der Waals surface area contributed by atoms with Crippen molar-refractivity contribution in [2.24, 2.45) is 0 Å². The summed E-state index contributed by atoms with van der Waals surface area (Å²) in [6, 6.07) is 14.9. The maximum absolute atomic E-state index is 11.9. The third-order valence-electron chi connectivity index (χ3n) is 3.26. The van der Waals surface area contributed by atoms with Crippen molar-refractivity contribution in [2.75, 3.05) is 7.11 Å². The zero-order valence-corrected chi connectivity index (χ0v) is 11.4. The highest BCUT2D eigenvalue weighted by Gasteiger charge is 2.19. The van der Waals surface area contributed by atoms with Crippen LogP contribution in [0.5, 0.6) is 0 Å². The smallest absolute Gasteiger partial charge is 0.354 e. The molecule has 0 amide bonds. The molecule has 0 fully saturated rings. The minimum atomic E-state index is -0.434. The number of fused-ring (bicyclic) bond motifs is 1. The van der Waals surface area contributed by atoms with E-state index in [-0.39, 0.29) is 5.76 Å². The van der Waals surface area contributed by atoms with E-state index in [1.807, 2.05) is 36.4 Å². The normalized spacial score (nSPS) is 10.5. The molecule has 3 aromatic rings. The van der Waals surface area contributed by atoms with E-state index in [1.54, 1.807) is 16.7 Å². The standard InChI is InChI=1S/C16H12N2O3/c1-20-16(19)14-8-12-7-13(9-17)21-15(12)18(14)10-11-5-3-2-4-6-11/h2-8H,10H2,1H3. The second-order valence-corrected chi connectivity index (χ2v) is 4.58. The van der Waals surface area contributed by atoms with Crippen LogP contribution in [0.15, 0.2) is 46.9 Å². The first-order chi connectivity index (χ1) is 10.2. The molecule has 2 heterocycles. The predicted molar refractivity (Wildman–Crippen MR) is 75.8 cm³/mol. The van der Waals surface area contributed by atoms with Gasteiger partial charge in [-0.2, -0.15) is 5.26 Å². The molecule has 0 spiro atoms. The molecule has 0 N–H and O–H groups in total. The summed E-state index contributed by atoms with van der Waals surface area (Å²) in [4.78, 5) is 11.9. The molecule has 0 aliphatic heterocycles. The molecule has 2 aromatic heterocycles. The first-order valence-electron chi connectivity index (χ1n) is 6.38. The zero-order valence-electron chi connectivity index (χ0n) is 11.4. The van der Waals surface area contributed by atoms with Crippen LogP contribution in [-0.2, 0) is 11.3 Å². The summed E-state index contributed by atoms with van der Waals surface area (Å²) >= 11 is 0. The van der Waals surface area contributed by atoms with Crippen LogP contribution in [0.3, 0.4) is 0 Å². The van der Waals surface area contributed by atoms with Gasteiger partial charge in [0.2, 0.25) is 11.5 Å². The van der Waals surface area contributed by atoms with Gasteiger partial charge < -0.3 is 13.7 Å². The van der Waals surface area contributed by atoms with Crippen molar-refractivity contribution in [1.29, 1.82) is 5.26 Å². The van der Waals surface area contributed by atoms with Crippen molar-refractivity contribution in [1.82, 2.24) is 4.57 Å². The number of nitrogens with zero attached hydrogens (tertiary/aromatic N) is 2. The molecular formula is C16H12N2O3. The molecule has 0 atom stereocenters. The maximum atomic E-state index is 11.9. The Kier molecular flexibility index (Phi) is 3.20. The lowest BCUT2D eigenvalue weighted by molar-refractivity contribution is 0.0589. The predicted octanol–water partition coefficient (Wildman–Crippen LogP) is 2.94. The van der Waals surface area contributed by atoms with Gasteiger partial charge in [-0.25, -0.2) is 4.79 Å². The summed E-state index contributed by atoms with van der Waals surface area (Å²) in [5.74, 6) is -0.214. The molecule has 0 radical (unpaired) electrons. The number of methoxy groups -OCH3 is 1. The maximum Gasteiger partial charge on any atom is 0.354 e. The number of aromatic nitrogens is 1.